The molecule has 0 aliphatic heterocycles. The number of ether oxygens (including phenoxy) is 1. The number of hydrogen-bond donors (Lipinski definition) is 0. The van der Waals surface area contributed by atoms with Crippen molar-refractivity contribution in [1.29, 1.82) is 0 Å². The Balaban J connectivity index is 1.72. The van der Waals surface area contributed by atoms with Gasteiger partial charge in [0.2, 0.25) is 5.88 Å². The zero-order valence-electron chi connectivity index (χ0n) is 19.8. The molecule has 0 atom stereocenters. The van der Waals surface area contributed by atoms with E-state index >= 15 is 0 Å². The lowest BCUT2D eigenvalue weighted by atomic mass is 10.1. The summed E-state index contributed by atoms with van der Waals surface area (Å²) in [4.78, 5) is 31.3. The molecular weight excluding hydrogens is 450 g/mol. The molecule has 174 valence electrons. The van der Waals surface area contributed by atoms with Crippen LogP contribution in [0, 0.1) is 20.8 Å². The molecule has 0 amide bonds. The lowest BCUT2D eigenvalue weighted by Gasteiger charge is -2.16. The standard InChI is InChI=1S/C26H26ClN5O2/c1-15(2)24-28-12-11-22(31-24)19-9-10-21(27)23(13-19)32-18(5)30-25(17(4)26(32)33)34-14-20-8-6-7-16(3)29-20/h6-13,15H,14H2,1-5H3. The van der Waals surface area contributed by atoms with Crippen molar-refractivity contribution in [1.82, 2.24) is 24.5 Å². The van der Waals surface area contributed by atoms with Crippen LogP contribution in [0.1, 0.15) is 48.4 Å². The lowest BCUT2D eigenvalue weighted by Crippen LogP contribution is -2.25. The van der Waals surface area contributed by atoms with Crippen molar-refractivity contribution in [3.63, 3.8) is 0 Å². The third kappa shape index (κ3) is 4.84. The van der Waals surface area contributed by atoms with Gasteiger partial charge in [0.05, 0.1) is 27.7 Å². The second kappa shape index (κ2) is 9.73. The number of pyridine rings is 1. The first-order chi connectivity index (χ1) is 16.2. The summed E-state index contributed by atoms with van der Waals surface area (Å²) in [6, 6.07) is 13.0. The maximum atomic E-state index is 13.4. The van der Waals surface area contributed by atoms with E-state index in [4.69, 9.17) is 16.3 Å². The number of rotatable bonds is 6. The summed E-state index contributed by atoms with van der Waals surface area (Å²) in [5.74, 6) is 1.70. The predicted octanol–water partition coefficient (Wildman–Crippen LogP) is 5.37. The van der Waals surface area contributed by atoms with E-state index in [0.717, 1.165) is 28.5 Å². The Morgan fingerprint density at radius 3 is 2.56 bits per heavy atom. The maximum Gasteiger partial charge on any atom is 0.264 e. The van der Waals surface area contributed by atoms with Gasteiger partial charge in [-0.1, -0.05) is 37.6 Å². The van der Waals surface area contributed by atoms with Crippen LogP contribution in [0.15, 0.2) is 53.5 Å². The Hall–Kier alpha value is -3.58. The van der Waals surface area contributed by atoms with Gasteiger partial charge in [0.1, 0.15) is 18.3 Å². The lowest BCUT2D eigenvalue weighted by molar-refractivity contribution is 0.284. The molecule has 1 aromatic carbocycles. The fraction of sp³-hybridized carbons (Fsp3) is 0.269. The van der Waals surface area contributed by atoms with Crippen LogP contribution in [-0.4, -0.2) is 24.5 Å². The van der Waals surface area contributed by atoms with Crippen LogP contribution in [0.2, 0.25) is 5.02 Å². The molecule has 0 saturated carbocycles. The first-order valence-corrected chi connectivity index (χ1v) is 11.4. The van der Waals surface area contributed by atoms with Crippen LogP contribution >= 0.6 is 11.6 Å². The molecule has 34 heavy (non-hydrogen) atoms. The van der Waals surface area contributed by atoms with Gasteiger partial charge in [-0.05, 0) is 51.1 Å². The quantitative estimate of drug-likeness (QED) is 0.373. The molecule has 4 aromatic rings. The molecule has 8 heteroatoms. The van der Waals surface area contributed by atoms with Crippen molar-refractivity contribution in [2.75, 3.05) is 0 Å². The highest BCUT2D eigenvalue weighted by Crippen LogP contribution is 2.28. The molecule has 0 unspecified atom stereocenters. The molecule has 4 rings (SSSR count). The number of aromatic nitrogens is 5. The fourth-order valence-electron chi connectivity index (χ4n) is 3.59. The van der Waals surface area contributed by atoms with Crippen molar-refractivity contribution in [2.45, 2.75) is 47.1 Å². The van der Waals surface area contributed by atoms with Crippen LogP contribution in [0.4, 0.5) is 0 Å². The Kier molecular flexibility index (Phi) is 6.75. The van der Waals surface area contributed by atoms with Crippen molar-refractivity contribution in [2.24, 2.45) is 0 Å². The van der Waals surface area contributed by atoms with Crippen molar-refractivity contribution >= 4 is 11.6 Å². The minimum Gasteiger partial charge on any atom is -0.471 e. The van der Waals surface area contributed by atoms with Gasteiger partial charge in [-0.15, -0.1) is 0 Å². The van der Waals surface area contributed by atoms with Gasteiger partial charge >= 0.3 is 0 Å². The molecule has 0 bridgehead atoms. The van der Waals surface area contributed by atoms with Crippen molar-refractivity contribution in [3.05, 3.63) is 92.6 Å². The Morgan fingerprint density at radius 1 is 1.03 bits per heavy atom. The highest BCUT2D eigenvalue weighted by atomic mass is 35.5. The van der Waals surface area contributed by atoms with Crippen molar-refractivity contribution in [3.8, 4) is 22.8 Å². The Bertz CT molecular complexity index is 1410. The van der Waals surface area contributed by atoms with Gasteiger partial charge in [-0.25, -0.2) is 9.97 Å². The van der Waals surface area contributed by atoms with Gasteiger partial charge in [0.15, 0.2) is 0 Å². The summed E-state index contributed by atoms with van der Waals surface area (Å²) < 4.78 is 7.36. The molecule has 3 heterocycles. The molecule has 7 nitrogen and oxygen atoms in total. The summed E-state index contributed by atoms with van der Waals surface area (Å²) >= 11 is 6.53. The van der Waals surface area contributed by atoms with E-state index in [1.165, 1.54) is 4.57 Å². The minimum atomic E-state index is -0.246. The summed E-state index contributed by atoms with van der Waals surface area (Å²) in [6.07, 6.45) is 1.74. The maximum absolute atomic E-state index is 13.4. The van der Waals surface area contributed by atoms with Crippen LogP contribution in [-0.2, 0) is 6.61 Å². The summed E-state index contributed by atoms with van der Waals surface area (Å²) in [5, 5.41) is 0.436. The van der Waals surface area contributed by atoms with Gasteiger partial charge in [-0.2, -0.15) is 4.98 Å². The molecule has 0 aliphatic carbocycles. The third-order valence-corrected chi connectivity index (χ3v) is 5.73. The highest BCUT2D eigenvalue weighted by Gasteiger charge is 2.17. The molecular formula is C26H26ClN5O2. The normalized spacial score (nSPS) is 11.1. The molecule has 0 radical (unpaired) electrons. The van der Waals surface area contributed by atoms with E-state index in [-0.39, 0.29) is 24.0 Å². The number of hydrogen-bond acceptors (Lipinski definition) is 6. The monoisotopic (exact) mass is 475 g/mol. The molecule has 0 fully saturated rings. The second-order valence-corrected chi connectivity index (χ2v) is 8.82. The smallest absolute Gasteiger partial charge is 0.264 e. The predicted molar refractivity (Wildman–Crippen MR) is 133 cm³/mol. The third-order valence-electron chi connectivity index (χ3n) is 5.41. The van der Waals surface area contributed by atoms with Crippen LogP contribution in [0.25, 0.3) is 16.9 Å². The zero-order valence-corrected chi connectivity index (χ0v) is 20.6. The van der Waals surface area contributed by atoms with Crippen LogP contribution < -0.4 is 10.3 Å². The van der Waals surface area contributed by atoms with Crippen molar-refractivity contribution < 1.29 is 4.74 Å². The summed E-state index contributed by atoms with van der Waals surface area (Å²) in [7, 11) is 0. The topological polar surface area (TPSA) is 82.8 Å². The summed E-state index contributed by atoms with van der Waals surface area (Å²) in [6.45, 7) is 9.68. The molecule has 0 spiro atoms. The molecule has 0 aliphatic rings. The average molecular weight is 476 g/mol. The number of halogens is 1. The minimum absolute atomic E-state index is 0.200. The van der Waals surface area contributed by atoms with E-state index in [1.807, 2.05) is 57.2 Å². The zero-order chi connectivity index (χ0) is 24.4. The van der Waals surface area contributed by atoms with E-state index in [0.29, 0.717) is 22.1 Å². The first kappa shape index (κ1) is 23.6. The number of benzene rings is 1. The average Bonchev–Trinajstić information content (AvgIpc) is 2.82. The van der Waals surface area contributed by atoms with E-state index in [1.54, 1.807) is 26.1 Å². The van der Waals surface area contributed by atoms with Crippen LogP contribution in [0.3, 0.4) is 0 Å². The van der Waals surface area contributed by atoms with E-state index in [9.17, 15) is 4.79 Å². The Morgan fingerprint density at radius 2 is 1.82 bits per heavy atom. The summed E-state index contributed by atoms with van der Waals surface area (Å²) in [5.41, 5.74) is 3.94. The highest BCUT2D eigenvalue weighted by molar-refractivity contribution is 6.32. The SMILES string of the molecule is Cc1cccc(COc2nc(C)n(-c3cc(-c4ccnc(C(C)C)n4)ccc3Cl)c(=O)c2C)n1. The van der Waals surface area contributed by atoms with E-state index in [2.05, 4.69) is 19.9 Å². The van der Waals surface area contributed by atoms with E-state index < -0.39 is 0 Å². The van der Waals surface area contributed by atoms with Gasteiger partial charge < -0.3 is 4.74 Å². The van der Waals surface area contributed by atoms with Gasteiger partial charge in [0, 0.05) is 23.4 Å². The largest absolute Gasteiger partial charge is 0.471 e. The Labute approximate surface area is 203 Å². The second-order valence-electron chi connectivity index (χ2n) is 8.41. The molecule has 0 N–H and O–H groups in total. The van der Waals surface area contributed by atoms with Crippen LogP contribution in [0.5, 0.6) is 5.88 Å². The number of aryl methyl sites for hydroxylation is 2. The van der Waals surface area contributed by atoms with Gasteiger partial charge in [-0.3, -0.25) is 14.3 Å². The molecule has 3 aromatic heterocycles. The van der Waals surface area contributed by atoms with Gasteiger partial charge in [0.25, 0.3) is 5.56 Å². The fourth-order valence-corrected chi connectivity index (χ4v) is 3.79. The first-order valence-electron chi connectivity index (χ1n) is 11.0. The molecule has 0 saturated heterocycles. The number of nitrogens with zero attached hydrogens (tertiary/aromatic N) is 5.